The number of alkyl carbamates (subject to hydrolysis) is 2. The summed E-state index contributed by atoms with van der Waals surface area (Å²) < 4.78 is 10.9. The Labute approximate surface area is 332 Å². The summed E-state index contributed by atoms with van der Waals surface area (Å²) in [6.07, 6.45) is 2.15. The van der Waals surface area contributed by atoms with Crippen LogP contribution in [0.2, 0.25) is 0 Å². The van der Waals surface area contributed by atoms with E-state index in [4.69, 9.17) is 14.5 Å². The maximum Gasteiger partial charge on any atom is 0.407 e. The van der Waals surface area contributed by atoms with Gasteiger partial charge in [-0.15, -0.1) is 23.1 Å². The highest BCUT2D eigenvalue weighted by Crippen LogP contribution is 2.24. The normalized spacial score (nSPS) is 15.6. The lowest BCUT2D eigenvalue weighted by molar-refractivity contribution is -0.124. The Morgan fingerprint density at radius 1 is 0.927 bits per heavy atom. The van der Waals surface area contributed by atoms with Crippen molar-refractivity contribution in [2.75, 3.05) is 25.9 Å². The number of ether oxygens (including phenoxy) is 2. The molecule has 0 spiro atoms. The molecule has 1 aliphatic heterocycles. The monoisotopic (exact) mass is 793 g/mol. The Morgan fingerprint density at radius 3 is 2.27 bits per heavy atom. The molecule has 0 fully saturated rings. The molecule has 1 aliphatic rings. The van der Waals surface area contributed by atoms with Crippen LogP contribution in [0.4, 0.5) is 14.4 Å². The van der Waals surface area contributed by atoms with Crippen LogP contribution in [0.15, 0.2) is 77.4 Å². The standard InChI is InChI=1S/C40H55N7O6S2/c1-27(2)36-43-31(25-54-36)23-47(6)37(49)46-34(19-20-42-38(50)53-40(3,4)5)35(48)45-33(29-15-11-8-12-16-29)18-17-30(21-28-13-9-7-10-14-28)44-39(51)52-24-32-22-41-26-55-32/h7-16,22,26-27,30-31,33-34H,17-21,23-25H2,1-6H3,(H,42,50)(H,44,51)(H,45,48)(H,46,49)/t30-,31?,33?,34-/m0/s1. The van der Waals surface area contributed by atoms with Crippen molar-refractivity contribution in [2.45, 2.75) is 96.7 Å². The second-order valence-electron chi connectivity index (χ2n) is 14.8. The fourth-order valence-electron chi connectivity index (χ4n) is 5.84. The fraction of sp³-hybridized carbons (Fsp3) is 0.500. The Hall–Kier alpha value is -4.63. The fourth-order valence-corrected chi connectivity index (χ4v) is 7.44. The number of thiazole rings is 1. The van der Waals surface area contributed by atoms with Crippen molar-refractivity contribution in [3.8, 4) is 0 Å². The van der Waals surface area contributed by atoms with Crippen LogP contribution in [0.1, 0.15) is 75.9 Å². The van der Waals surface area contributed by atoms with Crippen LogP contribution in [0.25, 0.3) is 0 Å². The summed E-state index contributed by atoms with van der Waals surface area (Å²) in [6.45, 7) is 10.1. The van der Waals surface area contributed by atoms with E-state index >= 15 is 0 Å². The van der Waals surface area contributed by atoms with Gasteiger partial charge < -0.3 is 35.6 Å². The van der Waals surface area contributed by atoms with E-state index in [1.807, 2.05) is 60.7 Å². The molecule has 5 amide bonds. The Balaban J connectivity index is 1.47. The number of hydrogen-bond donors (Lipinski definition) is 4. The first kappa shape index (κ1) is 43.1. The molecule has 55 heavy (non-hydrogen) atoms. The number of benzene rings is 2. The molecule has 2 heterocycles. The first-order chi connectivity index (χ1) is 26.3. The van der Waals surface area contributed by atoms with E-state index in [1.54, 1.807) is 56.2 Å². The third kappa shape index (κ3) is 15.6. The first-order valence-corrected chi connectivity index (χ1v) is 20.5. The molecule has 298 valence electrons. The van der Waals surface area contributed by atoms with Crippen LogP contribution in [-0.4, -0.2) is 88.7 Å². The average molecular weight is 794 g/mol. The van der Waals surface area contributed by atoms with Crippen LogP contribution in [0.3, 0.4) is 0 Å². The van der Waals surface area contributed by atoms with Gasteiger partial charge in [0.25, 0.3) is 0 Å². The van der Waals surface area contributed by atoms with E-state index in [9.17, 15) is 19.2 Å². The molecule has 4 atom stereocenters. The van der Waals surface area contributed by atoms with Gasteiger partial charge in [-0.2, -0.15) is 0 Å². The van der Waals surface area contributed by atoms with Crippen molar-refractivity contribution in [1.29, 1.82) is 0 Å². The summed E-state index contributed by atoms with van der Waals surface area (Å²) >= 11 is 3.12. The number of nitrogens with one attached hydrogen (secondary N) is 4. The minimum Gasteiger partial charge on any atom is -0.444 e. The van der Waals surface area contributed by atoms with E-state index in [-0.39, 0.29) is 31.7 Å². The van der Waals surface area contributed by atoms with Crippen molar-refractivity contribution in [3.63, 3.8) is 0 Å². The minimum absolute atomic E-state index is 0.0378. The van der Waals surface area contributed by atoms with Crippen molar-refractivity contribution in [2.24, 2.45) is 10.9 Å². The molecule has 4 rings (SSSR count). The van der Waals surface area contributed by atoms with Crippen molar-refractivity contribution in [1.82, 2.24) is 31.2 Å². The molecule has 3 aromatic rings. The Morgan fingerprint density at radius 2 is 1.64 bits per heavy atom. The molecule has 0 aliphatic carbocycles. The number of rotatable bonds is 18. The van der Waals surface area contributed by atoms with E-state index in [0.717, 1.165) is 26.8 Å². The summed E-state index contributed by atoms with van der Waals surface area (Å²) in [5.74, 6) is 0.705. The predicted octanol–water partition coefficient (Wildman–Crippen LogP) is 6.71. The second-order valence-corrected chi connectivity index (χ2v) is 16.8. The molecule has 1 aromatic heterocycles. The van der Waals surface area contributed by atoms with Crippen molar-refractivity contribution >= 4 is 52.3 Å². The van der Waals surface area contributed by atoms with Crippen LogP contribution >= 0.6 is 23.1 Å². The van der Waals surface area contributed by atoms with Gasteiger partial charge in [0.05, 0.1) is 27.5 Å². The molecule has 15 heteroatoms. The number of urea groups is 1. The number of nitrogens with zero attached hydrogens (tertiary/aromatic N) is 3. The number of aromatic nitrogens is 1. The second kappa shape index (κ2) is 21.5. The predicted molar refractivity (Wildman–Crippen MR) is 218 cm³/mol. The van der Waals surface area contributed by atoms with Gasteiger partial charge in [-0.3, -0.25) is 14.8 Å². The molecule has 0 saturated heterocycles. The number of carbonyl (C=O) groups excluding carboxylic acids is 4. The molecule has 2 unspecified atom stereocenters. The van der Waals surface area contributed by atoms with Crippen LogP contribution in [0, 0.1) is 5.92 Å². The lowest BCUT2D eigenvalue weighted by Crippen LogP contribution is -2.53. The SMILES string of the molecule is CC(C)C1=NC(CN(C)C(=O)N[C@@H](CCNC(=O)OC(C)(C)C)C(=O)NC(CC[C@@H](Cc2ccccc2)NC(=O)OCc2cncs2)c2ccccc2)CS1. The van der Waals surface area contributed by atoms with Gasteiger partial charge in [0.2, 0.25) is 5.91 Å². The largest absolute Gasteiger partial charge is 0.444 e. The van der Waals surface area contributed by atoms with Gasteiger partial charge in [0, 0.05) is 44.0 Å². The Kier molecular flexibility index (Phi) is 16.8. The highest BCUT2D eigenvalue weighted by atomic mass is 32.2. The van der Waals surface area contributed by atoms with Gasteiger partial charge in [-0.05, 0) is 57.6 Å². The van der Waals surface area contributed by atoms with Crippen LogP contribution in [-0.2, 0) is 27.3 Å². The smallest absolute Gasteiger partial charge is 0.407 e. The third-order valence-electron chi connectivity index (χ3n) is 8.57. The topological polar surface area (TPSA) is 163 Å². The minimum atomic E-state index is -0.983. The van der Waals surface area contributed by atoms with Crippen molar-refractivity contribution in [3.05, 3.63) is 88.4 Å². The summed E-state index contributed by atoms with van der Waals surface area (Å²) in [5, 5.41) is 12.9. The zero-order chi connectivity index (χ0) is 39.8. The zero-order valence-corrected chi connectivity index (χ0v) is 34.2. The molecule has 2 aromatic carbocycles. The number of carbonyl (C=O) groups is 4. The molecule has 0 radical (unpaired) electrons. The first-order valence-electron chi connectivity index (χ1n) is 18.6. The summed E-state index contributed by atoms with van der Waals surface area (Å²) in [5.41, 5.74) is 2.91. The molecular weight excluding hydrogens is 739 g/mol. The number of amides is 5. The van der Waals surface area contributed by atoms with Gasteiger partial charge in [0.1, 0.15) is 18.2 Å². The lowest BCUT2D eigenvalue weighted by atomic mass is 9.95. The van der Waals surface area contributed by atoms with Gasteiger partial charge in [0.15, 0.2) is 0 Å². The molecular formula is C40H55N7O6S2. The highest BCUT2D eigenvalue weighted by molar-refractivity contribution is 8.14. The van der Waals surface area contributed by atoms with Crippen molar-refractivity contribution < 1.29 is 28.7 Å². The zero-order valence-electron chi connectivity index (χ0n) is 32.6. The number of likely N-dealkylation sites (N-methyl/N-ethyl adjacent to an activating group) is 1. The van der Waals surface area contributed by atoms with Gasteiger partial charge in [-0.1, -0.05) is 74.5 Å². The van der Waals surface area contributed by atoms with E-state index in [2.05, 4.69) is 40.1 Å². The summed E-state index contributed by atoms with van der Waals surface area (Å²) in [6, 6.07) is 17.2. The quantitative estimate of drug-likeness (QED) is 0.110. The van der Waals surface area contributed by atoms with Crippen LogP contribution < -0.4 is 21.3 Å². The molecule has 13 nitrogen and oxygen atoms in total. The summed E-state index contributed by atoms with van der Waals surface area (Å²) in [4.78, 5) is 64.3. The van der Waals surface area contributed by atoms with Gasteiger partial charge >= 0.3 is 18.2 Å². The maximum absolute atomic E-state index is 14.2. The Bertz CT molecular complexity index is 1690. The third-order valence-corrected chi connectivity index (χ3v) is 10.7. The highest BCUT2D eigenvalue weighted by Gasteiger charge is 2.29. The summed E-state index contributed by atoms with van der Waals surface area (Å²) in [7, 11) is 1.69. The van der Waals surface area contributed by atoms with E-state index < -0.39 is 41.8 Å². The van der Waals surface area contributed by atoms with Gasteiger partial charge in [-0.25, -0.2) is 14.4 Å². The average Bonchev–Trinajstić information content (AvgIpc) is 3.85. The molecule has 4 N–H and O–H groups in total. The number of hydrogen-bond acceptors (Lipinski definition) is 10. The van der Waals surface area contributed by atoms with E-state index in [0.29, 0.717) is 31.7 Å². The van der Waals surface area contributed by atoms with E-state index in [1.165, 1.54) is 11.3 Å². The van der Waals surface area contributed by atoms with Crippen LogP contribution in [0.5, 0.6) is 0 Å². The maximum atomic E-state index is 14.2. The lowest BCUT2D eigenvalue weighted by Gasteiger charge is -2.28. The number of thioether (sulfide) groups is 1. The molecule has 0 saturated carbocycles. The molecule has 0 bridgehead atoms. The number of aliphatic imine (C=N–C) groups is 1.